The van der Waals surface area contributed by atoms with Crippen molar-refractivity contribution >= 4 is 17.9 Å². The summed E-state index contributed by atoms with van der Waals surface area (Å²) in [6, 6.07) is 0. The molecule has 0 aromatic heterocycles. The van der Waals surface area contributed by atoms with Crippen molar-refractivity contribution in [3.05, 3.63) is 12.2 Å². The van der Waals surface area contributed by atoms with E-state index in [1.165, 1.54) is 14.0 Å². The first-order chi connectivity index (χ1) is 8.97. The van der Waals surface area contributed by atoms with Crippen molar-refractivity contribution in [3.8, 4) is 0 Å². The molecule has 7 nitrogen and oxygen atoms in total. The van der Waals surface area contributed by atoms with Crippen LogP contribution in [0.3, 0.4) is 0 Å². The third-order valence-electron chi connectivity index (χ3n) is 1.60. The highest BCUT2D eigenvalue weighted by Crippen LogP contribution is 2.13. The van der Waals surface area contributed by atoms with Gasteiger partial charge in [0, 0.05) is 13.5 Å². The van der Waals surface area contributed by atoms with Gasteiger partial charge >= 0.3 is 24.1 Å². The van der Waals surface area contributed by atoms with Crippen LogP contribution in [0.4, 0.5) is 13.2 Å². The van der Waals surface area contributed by atoms with Crippen LogP contribution in [0.15, 0.2) is 12.2 Å². The van der Waals surface area contributed by atoms with E-state index < -0.39 is 30.2 Å². The van der Waals surface area contributed by atoms with E-state index in [1.54, 1.807) is 0 Å². The Morgan fingerprint density at radius 2 is 1.75 bits per heavy atom. The first kappa shape index (κ1) is 20.2. The number of carboxylic acids is 1. The van der Waals surface area contributed by atoms with Gasteiger partial charge in [0.15, 0.2) is 0 Å². The SMILES string of the molecule is C=C(C(=O)OC)C(CN)OC(C)=O.O=C(O)C(F)(F)F. The number of esters is 2. The van der Waals surface area contributed by atoms with Crippen molar-refractivity contribution in [1.82, 2.24) is 0 Å². The number of alkyl halides is 3. The van der Waals surface area contributed by atoms with E-state index in [4.69, 9.17) is 20.4 Å². The van der Waals surface area contributed by atoms with Gasteiger partial charge in [0.05, 0.1) is 12.7 Å². The summed E-state index contributed by atoms with van der Waals surface area (Å²) in [5.74, 6) is -3.90. The van der Waals surface area contributed by atoms with Crippen molar-refractivity contribution in [3.63, 3.8) is 0 Å². The van der Waals surface area contributed by atoms with Gasteiger partial charge in [0.1, 0.15) is 6.10 Å². The molecule has 0 aliphatic rings. The van der Waals surface area contributed by atoms with E-state index in [1.807, 2.05) is 0 Å². The number of aliphatic carboxylic acids is 1. The van der Waals surface area contributed by atoms with Gasteiger partial charge in [-0.1, -0.05) is 6.58 Å². The van der Waals surface area contributed by atoms with Gasteiger partial charge in [0.25, 0.3) is 0 Å². The number of carbonyl (C=O) groups excluding carboxylic acids is 2. The van der Waals surface area contributed by atoms with Crippen LogP contribution in [0, 0.1) is 0 Å². The van der Waals surface area contributed by atoms with Crippen LogP contribution in [-0.4, -0.2) is 48.9 Å². The highest BCUT2D eigenvalue weighted by atomic mass is 19.4. The smallest absolute Gasteiger partial charge is 0.475 e. The second-order valence-corrected chi connectivity index (χ2v) is 3.15. The number of nitrogens with two attached hydrogens (primary N) is 1. The van der Waals surface area contributed by atoms with Crippen LogP contribution in [0.2, 0.25) is 0 Å². The average Bonchev–Trinajstić information content (AvgIpc) is 2.33. The third kappa shape index (κ3) is 8.91. The van der Waals surface area contributed by atoms with Crippen LogP contribution < -0.4 is 5.73 Å². The Kier molecular flexibility index (Phi) is 9.01. The molecule has 0 saturated carbocycles. The number of methoxy groups -OCH3 is 1. The minimum absolute atomic E-state index is 0.00745. The summed E-state index contributed by atoms with van der Waals surface area (Å²) in [4.78, 5) is 30.4. The van der Waals surface area contributed by atoms with Crippen molar-refractivity contribution < 1.29 is 42.1 Å². The zero-order chi connectivity index (χ0) is 16.5. The second kappa shape index (κ2) is 8.91. The zero-order valence-electron chi connectivity index (χ0n) is 10.7. The lowest BCUT2D eigenvalue weighted by atomic mass is 10.2. The molecule has 10 heteroatoms. The summed E-state index contributed by atoms with van der Waals surface area (Å²) in [5, 5.41) is 7.12. The number of ether oxygens (including phenoxy) is 2. The lowest BCUT2D eigenvalue weighted by molar-refractivity contribution is -0.192. The Bertz CT molecular complexity index is 380. The molecule has 20 heavy (non-hydrogen) atoms. The maximum Gasteiger partial charge on any atom is 0.490 e. The number of hydrogen-bond acceptors (Lipinski definition) is 6. The molecular formula is C10H14F3NO6. The highest BCUT2D eigenvalue weighted by Gasteiger charge is 2.38. The largest absolute Gasteiger partial charge is 0.490 e. The molecule has 0 aliphatic carbocycles. The average molecular weight is 301 g/mol. The maximum absolute atomic E-state index is 10.9. The molecule has 0 aromatic carbocycles. The molecule has 1 unspecified atom stereocenters. The molecule has 0 rings (SSSR count). The molecule has 0 saturated heterocycles. The number of carboxylic acid groups (broad SMARTS) is 1. The van der Waals surface area contributed by atoms with E-state index in [0.29, 0.717) is 0 Å². The molecule has 116 valence electrons. The summed E-state index contributed by atoms with van der Waals surface area (Å²) in [5.41, 5.74) is 5.31. The molecule has 0 aromatic rings. The van der Waals surface area contributed by atoms with Crippen LogP contribution in [0.25, 0.3) is 0 Å². The van der Waals surface area contributed by atoms with Gasteiger partial charge in [-0.05, 0) is 0 Å². The van der Waals surface area contributed by atoms with Gasteiger partial charge in [-0.25, -0.2) is 9.59 Å². The first-order valence-corrected chi connectivity index (χ1v) is 4.91. The van der Waals surface area contributed by atoms with Gasteiger partial charge in [0.2, 0.25) is 0 Å². The van der Waals surface area contributed by atoms with Gasteiger partial charge in [-0.15, -0.1) is 0 Å². The molecule has 1 atom stereocenters. The lowest BCUT2D eigenvalue weighted by Crippen LogP contribution is -2.31. The standard InChI is InChI=1S/C8H13NO4.C2HF3O2/c1-5(8(11)12-3)7(4-9)13-6(2)10;3-2(4,5)1(6)7/h7H,1,4,9H2,2-3H3;(H,6,7). The molecule has 0 bridgehead atoms. The second-order valence-electron chi connectivity index (χ2n) is 3.15. The lowest BCUT2D eigenvalue weighted by Gasteiger charge is -2.15. The third-order valence-corrected chi connectivity index (χ3v) is 1.60. The highest BCUT2D eigenvalue weighted by molar-refractivity contribution is 5.89. The molecule has 0 spiro atoms. The summed E-state index contributed by atoms with van der Waals surface area (Å²) in [7, 11) is 1.22. The van der Waals surface area contributed by atoms with Gasteiger partial charge in [-0.2, -0.15) is 13.2 Å². The predicted molar refractivity (Wildman–Crippen MR) is 59.5 cm³/mol. The van der Waals surface area contributed by atoms with Crippen LogP contribution in [-0.2, 0) is 23.9 Å². The van der Waals surface area contributed by atoms with Crippen LogP contribution in [0.1, 0.15) is 6.92 Å². The van der Waals surface area contributed by atoms with E-state index in [-0.39, 0.29) is 12.1 Å². The van der Waals surface area contributed by atoms with Crippen molar-refractivity contribution in [1.29, 1.82) is 0 Å². The van der Waals surface area contributed by atoms with Crippen molar-refractivity contribution in [2.45, 2.75) is 19.2 Å². The molecule has 0 aliphatic heterocycles. The van der Waals surface area contributed by atoms with Gasteiger partial charge < -0.3 is 20.3 Å². The molecule has 0 radical (unpaired) electrons. The van der Waals surface area contributed by atoms with E-state index >= 15 is 0 Å². The van der Waals surface area contributed by atoms with E-state index in [9.17, 15) is 22.8 Å². The fourth-order valence-electron chi connectivity index (χ4n) is 0.724. The van der Waals surface area contributed by atoms with E-state index in [2.05, 4.69) is 11.3 Å². The van der Waals surface area contributed by atoms with E-state index in [0.717, 1.165) is 0 Å². The normalized spacial score (nSPS) is 11.5. The number of rotatable bonds is 4. The Labute approximate surface area is 112 Å². The van der Waals surface area contributed by atoms with Crippen LogP contribution >= 0.6 is 0 Å². The Hall–Kier alpha value is -2.10. The molecular weight excluding hydrogens is 287 g/mol. The Morgan fingerprint density at radius 3 is 1.95 bits per heavy atom. The predicted octanol–water partition coefficient (Wildman–Crippen LogP) is 0.239. The van der Waals surface area contributed by atoms with Crippen molar-refractivity contribution in [2.75, 3.05) is 13.7 Å². The quantitative estimate of drug-likeness (QED) is 0.564. The monoisotopic (exact) mass is 301 g/mol. The van der Waals surface area contributed by atoms with Gasteiger partial charge in [-0.3, -0.25) is 4.79 Å². The fourth-order valence-corrected chi connectivity index (χ4v) is 0.724. The first-order valence-electron chi connectivity index (χ1n) is 4.91. The number of carbonyl (C=O) groups is 3. The zero-order valence-corrected chi connectivity index (χ0v) is 10.7. The molecule has 0 fully saturated rings. The Balaban J connectivity index is 0. The van der Waals surface area contributed by atoms with Crippen molar-refractivity contribution in [2.24, 2.45) is 5.73 Å². The maximum atomic E-state index is 10.9. The summed E-state index contributed by atoms with van der Waals surface area (Å²) in [6.45, 7) is 4.65. The Morgan fingerprint density at radius 1 is 1.35 bits per heavy atom. The summed E-state index contributed by atoms with van der Waals surface area (Å²) in [6.07, 6.45) is -5.88. The molecule has 0 amide bonds. The summed E-state index contributed by atoms with van der Waals surface area (Å²) >= 11 is 0. The number of halogens is 3. The topological polar surface area (TPSA) is 116 Å². The summed E-state index contributed by atoms with van der Waals surface area (Å²) < 4.78 is 40.8. The number of hydrogen-bond donors (Lipinski definition) is 2. The molecule has 0 heterocycles. The fraction of sp³-hybridized carbons (Fsp3) is 0.500. The minimum atomic E-state index is -5.08. The molecule has 3 N–H and O–H groups in total. The minimum Gasteiger partial charge on any atom is -0.475 e. The van der Waals surface area contributed by atoms with Crippen LogP contribution in [0.5, 0.6) is 0 Å².